The molecule has 16 heavy (non-hydrogen) atoms. The van der Waals surface area contributed by atoms with Crippen molar-refractivity contribution in [2.75, 3.05) is 23.8 Å². The summed E-state index contributed by atoms with van der Waals surface area (Å²) in [6.07, 6.45) is 0. The first-order valence-corrected chi connectivity index (χ1v) is 5.30. The summed E-state index contributed by atoms with van der Waals surface area (Å²) in [7, 11) is 1.73. The molecule has 1 heterocycles. The molecular formula is C11H17F2N3. The van der Waals surface area contributed by atoms with E-state index in [-0.39, 0.29) is 17.7 Å². The molecular weight excluding hydrogens is 212 g/mol. The van der Waals surface area contributed by atoms with Crippen LogP contribution in [0.3, 0.4) is 0 Å². The minimum atomic E-state index is -0.666. The average Bonchev–Trinajstić information content (AvgIpc) is 2.21. The number of halogens is 2. The molecule has 0 saturated heterocycles. The quantitative estimate of drug-likeness (QED) is 0.860. The van der Waals surface area contributed by atoms with Crippen molar-refractivity contribution >= 4 is 11.6 Å². The fraction of sp³-hybridized carbons (Fsp3) is 0.545. The Morgan fingerprint density at radius 1 is 1.38 bits per heavy atom. The summed E-state index contributed by atoms with van der Waals surface area (Å²) in [6.45, 7) is 6.20. The summed E-state index contributed by atoms with van der Waals surface area (Å²) < 4.78 is 26.8. The molecule has 0 aromatic carbocycles. The van der Waals surface area contributed by atoms with Gasteiger partial charge < -0.3 is 10.2 Å². The maximum Gasteiger partial charge on any atom is 0.168 e. The van der Waals surface area contributed by atoms with E-state index in [4.69, 9.17) is 0 Å². The third-order valence-electron chi connectivity index (χ3n) is 2.36. The van der Waals surface area contributed by atoms with Gasteiger partial charge in [-0.3, -0.25) is 0 Å². The first-order valence-electron chi connectivity index (χ1n) is 5.30. The molecule has 3 nitrogen and oxygen atoms in total. The lowest BCUT2D eigenvalue weighted by Gasteiger charge is -2.23. The lowest BCUT2D eigenvalue weighted by molar-refractivity contribution is 0.567. The zero-order chi connectivity index (χ0) is 12.3. The van der Waals surface area contributed by atoms with E-state index in [1.807, 2.05) is 20.8 Å². The molecule has 1 aromatic heterocycles. The minimum Gasteiger partial charge on any atom is -0.368 e. The molecule has 5 heteroatoms. The topological polar surface area (TPSA) is 28.2 Å². The summed E-state index contributed by atoms with van der Waals surface area (Å²) >= 11 is 0. The molecule has 0 fully saturated rings. The van der Waals surface area contributed by atoms with Crippen molar-refractivity contribution in [3.05, 3.63) is 17.7 Å². The van der Waals surface area contributed by atoms with Gasteiger partial charge in [-0.2, -0.15) is 0 Å². The molecule has 0 aliphatic carbocycles. The third-order valence-corrected chi connectivity index (χ3v) is 2.36. The van der Waals surface area contributed by atoms with Gasteiger partial charge in [-0.05, 0) is 20.8 Å². The number of hydrogen-bond acceptors (Lipinski definition) is 3. The fourth-order valence-electron chi connectivity index (χ4n) is 1.24. The van der Waals surface area contributed by atoms with Gasteiger partial charge in [-0.1, -0.05) is 0 Å². The van der Waals surface area contributed by atoms with E-state index in [0.717, 1.165) is 6.07 Å². The molecule has 0 spiro atoms. The van der Waals surface area contributed by atoms with E-state index < -0.39 is 11.6 Å². The second-order valence-corrected chi connectivity index (χ2v) is 3.86. The molecule has 0 atom stereocenters. The fourth-order valence-corrected chi connectivity index (χ4v) is 1.24. The van der Waals surface area contributed by atoms with Crippen LogP contribution < -0.4 is 10.2 Å². The van der Waals surface area contributed by atoms with E-state index in [2.05, 4.69) is 10.3 Å². The van der Waals surface area contributed by atoms with E-state index >= 15 is 0 Å². The van der Waals surface area contributed by atoms with Gasteiger partial charge in [0.25, 0.3) is 0 Å². The van der Waals surface area contributed by atoms with Gasteiger partial charge in [0.15, 0.2) is 23.3 Å². The average molecular weight is 229 g/mol. The van der Waals surface area contributed by atoms with Crippen LogP contribution in [-0.2, 0) is 0 Å². The number of hydrogen-bond donors (Lipinski definition) is 1. The minimum absolute atomic E-state index is 0.0893. The summed E-state index contributed by atoms with van der Waals surface area (Å²) in [5, 5.41) is 2.76. The Kier molecular flexibility index (Phi) is 4.04. The van der Waals surface area contributed by atoms with Crippen LogP contribution in [0.5, 0.6) is 0 Å². The number of nitrogens with zero attached hydrogens (tertiary/aromatic N) is 2. The molecule has 0 saturated carbocycles. The van der Waals surface area contributed by atoms with Crippen LogP contribution in [0.1, 0.15) is 20.8 Å². The molecule has 0 amide bonds. The van der Waals surface area contributed by atoms with Gasteiger partial charge in [0.05, 0.1) is 0 Å². The van der Waals surface area contributed by atoms with Crippen LogP contribution in [0.15, 0.2) is 6.07 Å². The molecule has 1 N–H and O–H groups in total. The third kappa shape index (κ3) is 2.59. The normalized spacial score (nSPS) is 10.7. The van der Waals surface area contributed by atoms with Crippen molar-refractivity contribution in [3.63, 3.8) is 0 Å². The maximum absolute atomic E-state index is 13.5. The van der Waals surface area contributed by atoms with Gasteiger partial charge in [-0.25, -0.2) is 13.8 Å². The van der Waals surface area contributed by atoms with Crippen LogP contribution in [0, 0.1) is 11.6 Å². The Bertz CT molecular complexity index is 366. The Labute approximate surface area is 94.5 Å². The monoisotopic (exact) mass is 229 g/mol. The predicted molar refractivity (Wildman–Crippen MR) is 61.9 cm³/mol. The summed E-state index contributed by atoms with van der Waals surface area (Å²) in [4.78, 5) is 5.61. The van der Waals surface area contributed by atoms with Crippen LogP contribution in [0.2, 0.25) is 0 Å². The van der Waals surface area contributed by atoms with Gasteiger partial charge in [0.2, 0.25) is 0 Å². The van der Waals surface area contributed by atoms with Crippen molar-refractivity contribution in [2.24, 2.45) is 0 Å². The van der Waals surface area contributed by atoms with E-state index in [9.17, 15) is 8.78 Å². The molecule has 90 valence electrons. The van der Waals surface area contributed by atoms with E-state index in [1.54, 1.807) is 11.9 Å². The van der Waals surface area contributed by atoms with Crippen molar-refractivity contribution in [3.8, 4) is 0 Å². The number of rotatable bonds is 4. The predicted octanol–water partition coefficient (Wildman–Crippen LogP) is 2.64. The zero-order valence-electron chi connectivity index (χ0n) is 10.0. The number of aromatic nitrogens is 1. The number of nitrogens with one attached hydrogen (secondary N) is 1. The summed E-state index contributed by atoms with van der Waals surface area (Å²) in [5.74, 6) is -1.06. The van der Waals surface area contributed by atoms with Gasteiger partial charge >= 0.3 is 0 Å². The summed E-state index contributed by atoms with van der Waals surface area (Å²) in [6, 6.07) is 0.959. The van der Waals surface area contributed by atoms with Crippen molar-refractivity contribution in [1.29, 1.82) is 0 Å². The standard InChI is InChI=1S/C11H17F2N3/c1-5-14-10-8(12)6-9(13)11(15-10)16(4)7(2)3/h6-7H,5H2,1-4H3,(H,14,15). The lowest BCUT2D eigenvalue weighted by Crippen LogP contribution is -2.28. The lowest BCUT2D eigenvalue weighted by atomic mass is 10.3. The molecule has 0 unspecified atom stereocenters. The van der Waals surface area contributed by atoms with Crippen molar-refractivity contribution < 1.29 is 8.78 Å². The SMILES string of the molecule is CCNc1nc(N(C)C(C)C)c(F)cc1F. The maximum atomic E-state index is 13.5. The molecule has 0 aliphatic heterocycles. The van der Waals surface area contributed by atoms with Crippen molar-refractivity contribution in [2.45, 2.75) is 26.8 Å². The second kappa shape index (κ2) is 5.09. The molecule has 0 bridgehead atoms. The van der Waals surface area contributed by atoms with Gasteiger partial charge in [0.1, 0.15) is 0 Å². The number of pyridine rings is 1. The van der Waals surface area contributed by atoms with E-state index in [0.29, 0.717) is 6.54 Å². The highest BCUT2D eigenvalue weighted by molar-refractivity contribution is 5.49. The van der Waals surface area contributed by atoms with Gasteiger partial charge in [0, 0.05) is 25.7 Å². The zero-order valence-corrected chi connectivity index (χ0v) is 10.0. The molecule has 0 aliphatic rings. The van der Waals surface area contributed by atoms with Crippen LogP contribution >= 0.6 is 0 Å². The first-order chi connectivity index (χ1) is 7.47. The Balaban J connectivity index is 3.13. The first kappa shape index (κ1) is 12.7. The molecule has 1 aromatic rings. The van der Waals surface area contributed by atoms with E-state index in [1.165, 1.54) is 0 Å². The largest absolute Gasteiger partial charge is 0.368 e. The molecule has 0 radical (unpaired) electrons. The second-order valence-electron chi connectivity index (χ2n) is 3.86. The highest BCUT2D eigenvalue weighted by atomic mass is 19.1. The Hall–Kier alpha value is -1.39. The highest BCUT2D eigenvalue weighted by Gasteiger charge is 2.16. The highest BCUT2D eigenvalue weighted by Crippen LogP contribution is 2.22. The Morgan fingerprint density at radius 3 is 2.50 bits per heavy atom. The van der Waals surface area contributed by atoms with Crippen LogP contribution in [0.4, 0.5) is 20.4 Å². The Morgan fingerprint density at radius 2 is 2.00 bits per heavy atom. The smallest absolute Gasteiger partial charge is 0.168 e. The van der Waals surface area contributed by atoms with Crippen LogP contribution in [-0.4, -0.2) is 24.6 Å². The van der Waals surface area contributed by atoms with Crippen LogP contribution in [0.25, 0.3) is 0 Å². The van der Waals surface area contributed by atoms with Gasteiger partial charge in [-0.15, -0.1) is 0 Å². The van der Waals surface area contributed by atoms with Crippen molar-refractivity contribution in [1.82, 2.24) is 4.98 Å². The summed E-state index contributed by atoms with van der Waals surface area (Å²) in [5.41, 5.74) is 0. The number of anilines is 2. The molecule has 1 rings (SSSR count).